The van der Waals surface area contributed by atoms with Crippen LogP contribution < -0.4 is 0 Å². The van der Waals surface area contributed by atoms with Gasteiger partial charge < -0.3 is 9.47 Å². The Hall–Kier alpha value is -1.58. The minimum atomic E-state index is -0.384. The summed E-state index contributed by atoms with van der Waals surface area (Å²) in [7, 11) is 0. The minimum absolute atomic E-state index is 0.0504. The first kappa shape index (κ1) is 42.4. The van der Waals surface area contributed by atoms with Crippen molar-refractivity contribution in [2.75, 3.05) is 0 Å². The van der Waals surface area contributed by atoms with Gasteiger partial charge in [-0.1, -0.05) is 181 Å². The predicted molar refractivity (Wildman–Crippen MR) is 190 cm³/mol. The number of hydrogen-bond acceptors (Lipinski definition) is 4. The van der Waals surface area contributed by atoms with Crippen LogP contribution in [0, 0.1) is 0 Å². The second-order valence-corrected chi connectivity index (χ2v) is 13.0. The van der Waals surface area contributed by atoms with Crippen LogP contribution in [0.1, 0.15) is 219 Å². The maximum Gasteiger partial charge on any atom is 0.311 e. The van der Waals surface area contributed by atoms with Crippen LogP contribution in [0.3, 0.4) is 0 Å². The third-order valence-electron chi connectivity index (χ3n) is 8.57. The fraction of sp³-hybridized carbons (Fsp3) is 0.850. The normalized spacial score (nSPS) is 11.6. The van der Waals surface area contributed by atoms with Crippen molar-refractivity contribution in [3.05, 3.63) is 24.7 Å². The summed E-state index contributed by atoms with van der Waals surface area (Å²) in [6.07, 6.45) is 46.7. The Labute approximate surface area is 274 Å². The SMILES string of the molecule is CCCCCCCCCCCCCCCCC=COC(=O)CCC(=O)OC=CCCCCCCCCCCCCCCCC. The molecule has 0 aromatic carbocycles. The topological polar surface area (TPSA) is 52.6 Å². The first-order valence-electron chi connectivity index (χ1n) is 19.4. The number of esters is 2. The zero-order valence-electron chi connectivity index (χ0n) is 29.6. The highest BCUT2D eigenvalue weighted by molar-refractivity contribution is 5.78. The largest absolute Gasteiger partial charge is 0.435 e. The number of unbranched alkanes of at least 4 members (excludes halogenated alkanes) is 28. The van der Waals surface area contributed by atoms with E-state index in [9.17, 15) is 9.59 Å². The predicted octanol–water partition coefficient (Wildman–Crippen LogP) is 13.6. The van der Waals surface area contributed by atoms with Crippen LogP contribution in [0.25, 0.3) is 0 Å². The van der Waals surface area contributed by atoms with Crippen LogP contribution in [0.15, 0.2) is 24.7 Å². The van der Waals surface area contributed by atoms with Crippen molar-refractivity contribution in [1.82, 2.24) is 0 Å². The van der Waals surface area contributed by atoms with Gasteiger partial charge in [0, 0.05) is 0 Å². The second-order valence-electron chi connectivity index (χ2n) is 13.0. The monoisotopic (exact) mass is 619 g/mol. The van der Waals surface area contributed by atoms with Gasteiger partial charge in [0.25, 0.3) is 0 Å². The summed E-state index contributed by atoms with van der Waals surface area (Å²) in [4.78, 5) is 23.7. The zero-order valence-corrected chi connectivity index (χ0v) is 29.6. The zero-order chi connectivity index (χ0) is 32.0. The molecule has 0 amide bonds. The second kappa shape index (κ2) is 37.6. The molecule has 0 heterocycles. The lowest BCUT2D eigenvalue weighted by molar-refractivity contribution is -0.144. The highest BCUT2D eigenvalue weighted by atomic mass is 16.5. The standard InChI is InChI=1S/C40H74O4/c1-3-5-7-9-11-13-15-17-19-21-23-25-27-29-31-33-37-43-39(41)35-36-40(42)44-38-34-32-30-28-26-24-22-20-18-16-14-12-10-8-6-4-2/h33-34,37-38H,3-32,35-36H2,1-2H3. The minimum Gasteiger partial charge on any atom is -0.435 e. The molecule has 258 valence electrons. The molecule has 0 atom stereocenters. The Bertz CT molecular complexity index is 598. The summed E-state index contributed by atoms with van der Waals surface area (Å²) in [5.41, 5.74) is 0. The van der Waals surface area contributed by atoms with Gasteiger partial charge >= 0.3 is 11.9 Å². The molecule has 0 aliphatic heterocycles. The van der Waals surface area contributed by atoms with E-state index in [0.717, 1.165) is 25.7 Å². The van der Waals surface area contributed by atoms with E-state index < -0.39 is 0 Å². The molecule has 0 aromatic rings. The summed E-state index contributed by atoms with van der Waals surface area (Å²) in [6, 6.07) is 0. The lowest BCUT2D eigenvalue weighted by Crippen LogP contribution is -2.06. The van der Waals surface area contributed by atoms with Gasteiger partial charge in [-0.3, -0.25) is 9.59 Å². The van der Waals surface area contributed by atoms with Crippen LogP contribution in [0.2, 0.25) is 0 Å². The van der Waals surface area contributed by atoms with Gasteiger partial charge in [0.1, 0.15) is 0 Å². The van der Waals surface area contributed by atoms with Crippen molar-refractivity contribution in [1.29, 1.82) is 0 Å². The molecule has 0 rings (SSSR count). The Balaban J connectivity index is 3.38. The van der Waals surface area contributed by atoms with E-state index in [2.05, 4.69) is 13.8 Å². The molecule has 44 heavy (non-hydrogen) atoms. The molecular formula is C40H74O4. The van der Waals surface area contributed by atoms with Gasteiger partial charge in [-0.2, -0.15) is 0 Å². The van der Waals surface area contributed by atoms with Crippen molar-refractivity contribution in [2.24, 2.45) is 0 Å². The fourth-order valence-electron chi connectivity index (χ4n) is 5.62. The van der Waals surface area contributed by atoms with Crippen LogP contribution in [-0.4, -0.2) is 11.9 Å². The van der Waals surface area contributed by atoms with E-state index in [1.807, 2.05) is 12.2 Å². The molecule has 0 unspecified atom stereocenters. The average Bonchev–Trinajstić information content (AvgIpc) is 3.03. The number of allylic oxidation sites excluding steroid dienone is 2. The molecule has 0 radical (unpaired) electrons. The third-order valence-corrected chi connectivity index (χ3v) is 8.57. The molecule has 0 N–H and O–H groups in total. The van der Waals surface area contributed by atoms with Crippen molar-refractivity contribution >= 4 is 11.9 Å². The Morgan fingerprint density at radius 2 is 0.591 bits per heavy atom. The summed E-state index contributed by atoms with van der Waals surface area (Å²) in [6.45, 7) is 4.55. The Morgan fingerprint density at radius 1 is 0.364 bits per heavy atom. The molecule has 0 aromatic heterocycles. The molecule has 0 aliphatic rings. The van der Waals surface area contributed by atoms with Crippen LogP contribution in [-0.2, 0) is 19.1 Å². The lowest BCUT2D eigenvalue weighted by atomic mass is 10.0. The van der Waals surface area contributed by atoms with Crippen molar-refractivity contribution in [3.63, 3.8) is 0 Å². The van der Waals surface area contributed by atoms with Gasteiger partial charge in [-0.25, -0.2) is 0 Å². The summed E-state index contributed by atoms with van der Waals surface area (Å²) >= 11 is 0. The number of carbonyl (C=O) groups excluding carboxylic acids is 2. The molecule has 0 saturated heterocycles. The molecule has 0 fully saturated rings. The first-order chi connectivity index (χ1) is 21.7. The van der Waals surface area contributed by atoms with Gasteiger partial charge in [-0.05, 0) is 37.8 Å². The highest BCUT2D eigenvalue weighted by Crippen LogP contribution is 2.15. The van der Waals surface area contributed by atoms with E-state index in [-0.39, 0.29) is 24.8 Å². The maximum absolute atomic E-state index is 11.8. The fourth-order valence-corrected chi connectivity index (χ4v) is 5.62. The highest BCUT2D eigenvalue weighted by Gasteiger charge is 2.07. The molecule has 0 saturated carbocycles. The number of hydrogen-bond donors (Lipinski definition) is 0. The quantitative estimate of drug-likeness (QED) is 0.0403. The van der Waals surface area contributed by atoms with E-state index in [1.165, 1.54) is 179 Å². The lowest BCUT2D eigenvalue weighted by Gasteiger charge is -2.03. The first-order valence-corrected chi connectivity index (χ1v) is 19.4. The van der Waals surface area contributed by atoms with Crippen LogP contribution >= 0.6 is 0 Å². The molecule has 0 bridgehead atoms. The van der Waals surface area contributed by atoms with Crippen LogP contribution in [0.5, 0.6) is 0 Å². The number of rotatable bonds is 35. The summed E-state index contributed by atoms with van der Waals surface area (Å²) in [5, 5.41) is 0. The van der Waals surface area contributed by atoms with E-state index in [0.29, 0.717) is 0 Å². The van der Waals surface area contributed by atoms with Crippen molar-refractivity contribution in [3.8, 4) is 0 Å². The molecule has 4 heteroatoms. The van der Waals surface area contributed by atoms with Crippen molar-refractivity contribution in [2.45, 2.75) is 219 Å². The van der Waals surface area contributed by atoms with Gasteiger partial charge in [-0.15, -0.1) is 0 Å². The average molecular weight is 619 g/mol. The number of ether oxygens (including phenoxy) is 2. The number of carbonyl (C=O) groups is 2. The maximum atomic E-state index is 11.8. The molecule has 0 spiro atoms. The Kier molecular flexibility index (Phi) is 36.3. The van der Waals surface area contributed by atoms with Crippen molar-refractivity contribution < 1.29 is 19.1 Å². The van der Waals surface area contributed by atoms with Gasteiger partial charge in [0.05, 0.1) is 25.4 Å². The van der Waals surface area contributed by atoms with E-state index in [1.54, 1.807) is 0 Å². The summed E-state index contributed by atoms with van der Waals surface area (Å²) < 4.78 is 10.2. The van der Waals surface area contributed by atoms with Gasteiger partial charge in [0.2, 0.25) is 0 Å². The smallest absolute Gasteiger partial charge is 0.311 e. The molecular weight excluding hydrogens is 544 g/mol. The van der Waals surface area contributed by atoms with Crippen LogP contribution in [0.4, 0.5) is 0 Å². The van der Waals surface area contributed by atoms with Gasteiger partial charge in [0.15, 0.2) is 0 Å². The van der Waals surface area contributed by atoms with E-state index >= 15 is 0 Å². The Morgan fingerprint density at radius 3 is 0.841 bits per heavy atom. The molecule has 4 nitrogen and oxygen atoms in total. The third kappa shape index (κ3) is 36.6. The summed E-state index contributed by atoms with van der Waals surface area (Å²) in [5.74, 6) is -0.768. The molecule has 0 aliphatic carbocycles. The van der Waals surface area contributed by atoms with E-state index in [4.69, 9.17) is 9.47 Å².